The van der Waals surface area contributed by atoms with E-state index in [1.54, 1.807) is 30.4 Å². The quantitative estimate of drug-likeness (QED) is 0.570. The number of nitrogen functional groups attached to an aromatic ring is 1. The number of hydrogen-bond donors (Lipinski definition) is 2. The van der Waals surface area contributed by atoms with Gasteiger partial charge in [0.25, 0.3) is 0 Å². The first-order chi connectivity index (χ1) is 7.20. The van der Waals surface area contributed by atoms with Crippen LogP contribution in [0.4, 0.5) is 11.4 Å². The minimum absolute atomic E-state index is 0.179. The molecule has 0 amide bonds. The number of phenols is 1. The van der Waals surface area contributed by atoms with Crippen LogP contribution in [0.5, 0.6) is 5.75 Å². The third-order valence-electron chi connectivity index (χ3n) is 2.06. The van der Waals surface area contributed by atoms with Gasteiger partial charge in [-0.25, -0.2) is 0 Å². The van der Waals surface area contributed by atoms with E-state index in [0.717, 1.165) is 0 Å². The maximum atomic E-state index is 9.72. The van der Waals surface area contributed by atoms with E-state index >= 15 is 0 Å². The van der Waals surface area contributed by atoms with Gasteiger partial charge in [-0.15, -0.1) is 13.2 Å². The zero-order valence-corrected chi connectivity index (χ0v) is 8.69. The third-order valence-corrected chi connectivity index (χ3v) is 2.06. The lowest BCUT2D eigenvalue weighted by Crippen LogP contribution is -2.24. The predicted octanol–water partition coefficient (Wildman–Crippen LogP) is 2.15. The van der Waals surface area contributed by atoms with Crippen LogP contribution in [0.25, 0.3) is 0 Å². The van der Waals surface area contributed by atoms with Crippen molar-refractivity contribution >= 4 is 11.4 Å². The van der Waals surface area contributed by atoms with Crippen molar-refractivity contribution in [1.29, 1.82) is 0 Å². The molecule has 0 fully saturated rings. The zero-order chi connectivity index (χ0) is 11.3. The fourth-order valence-corrected chi connectivity index (χ4v) is 1.46. The first-order valence-corrected chi connectivity index (χ1v) is 4.75. The Bertz CT molecular complexity index is 330. The first-order valence-electron chi connectivity index (χ1n) is 4.75. The molecular formula is C12H16N2O. The highest BCUT2D eigenvalue weighted by molar-refractivity contribution is 5.74. The molecule has 0 aliphatic rings. The molecule has 0 aliphatic heterocycles. The van der Waals surface area contributed by atoms with E-state index in [4.69, 9.17) is 5.73 Å². The van der Waals surface area contributed by atoms with Crippen molar-refractivity contribution in [2.24, 2.45) is 0 Å². The van der Waals surface area contributed by atoms with Crippen molar-refractivity contribution in [2.45, 2.75) is 0 Å². The number of benzene rings is 1. The molecule has 1 aromatic carbocycles. The number of para-hydroxylation sites is 1. The second-order valence-corrected chi connectivity index (χ2v) is 3.20. The second-order valence-electron chi connectivity index (χ2n) is 3.20. The highest BCUT2D eigenvalue weighted by Crippen LogP contribution is 2.32. The average Bonchev–Trinajstić information content (AvgIpc) is 2.18. The molecule has 3 N–H and O–H groups in total. The number of rotatable bonds is 5. The van der Waals surface area contributed by atoms with Crippen molar-refractivity contribution < 1.29 is 5.11 Å². The molecule has 0 saturated carbocycles. The minimum atomic E-state index is 0.179. The lowest BCUT2D eigenvalue weighted by molar-refractivity contribution is 0.475. The van der Waals surface area contributed by atoms with E-state index in [1.807, 2.05) is 4.90 Å². The van der Waals surface area contributed by atoms with Crippen LogP contribution in [-0.4, -0.2) is 18.2 Å². The van der Waals surface area contributed by atoms with Crippen LogP contribution in [0.2, 0.25) is 0 Å². The lowest BCUT2D eigenvalue weighted by Gasteiger charge is -2.24. The third kappa shape index (κ3) is 2.53. The summed E-state index contributed by atoms with van der Waals surface area (Å²) in [6.07, 6.45) is 3.52. The summed E-state index contributed by atoms with van der Waals surface area (Å²) in [7, 11) is 0. The standard InChI is InChI=1S/C12H16N2O/c1-3-8-14(9-4-2)12-10(13)6-5-7-11(12)15/h3-7,15H,1-2,8-9,13H2. The van der Waals surface area contributed by atoms with Gasteiger partial charge in [-0.1, -0.05) is 18.2 Å². The van der Waals surface area contributed by atoms with Crippen molar-refractivity contribution in [2.75, 3.05) is 23.7 Å². The fraction of sp³-hybridized carbons (Fsp3) is 0.167. The summed E-state index contributed by atoms with van der Waals surface area (Å²) >= 11 is 0. The molecule has 0 unspecified atom stereocenters. The molecule has 80 valence electrons. The topological polar surface area (TPSA) is 49.5 Å². The van der Waals surface area contributed by atoms with Crippen LogP contribution in [0, 0.1) is 0 Å². The number of nitrogens with two attached hydrogens (primary N) is 1. The number of hydrogen-bond acceptors (Lipinski definition) is 3. The van der Waals surface area contributed by atoms with Crippen molar-refractivity contribution in [3.8, 4) is 5.75 Å². The molecule has 0 saturated heterocycles. The molecule has 0 radical (unpaired) electrons. The Hall–Kier alpha value is -1.90. The van der Waals surface area contributed by atoms with Crippen LogP contribution in [0.15, 0.2) is 43.5 Å². The van der Waals surface area contributed by atoms with Crippen molar-refractivity contribution in [1.82, 2.24) is 0 Å². The highest BCUT2D eigenvalue weighted by atomic mass is 16.3. The Morgan fingerprint density at radius 1 is 1.27 bits per heavy atom. The molecule has 0 bridgehead atoms. The van der Waals surface area contributed by atoms with Crippen LogP contribution in [-0.2, 0) is 0 Å². The maximum absolute atomic E-state index is 9.72. The fourth-order valence-electron chi connectivity index (χ4n) is 1.46. The molecule has 3 heteroatoms. The van der Waals surface area contributed by atoms with Crippen molar-refractivity contribution in [3.63, 3.8) is 0 Å². The Morgan fingerprint density at radius 2 is 1.87 bits per heavy atom. The Labute approximate surface area is 90.1 Å². The lowest BCUT2D eigenvalue weighted by atomic mass is 10.2. The number of phenolic OH excluding ortho intramolecular Hbond substituents is 1. The summed E-state index contributed by atoms with van der Waals surface area (Å²) in [5.74, 6) is 0.179. The molecular weight excluding hydrogens is 188 g/mol. The van der Waals surface area contributed by atoms with Crippen LogP contribution in [0.1, 0.15) is 0 Å². The summed E-state index contributed by atoms with van der Waals surface area (Å²) in [4.78, 5) is 1.91. The van der Waals surface area contributed by atoms with Gasteiger partial charge >= 0.3 is 0 Å². The largest absolute Gasteiger partial charge is 0.506 e. The molecule has 0 aromatic heterocycles. The summed E-state index contributed by atoms with van der Waals surface area (Å²) in [6.45, 7) is 8.58. The van der Waals surface area contributed by atoms with E-state index in [1.165, 1.54) is 0 Å². The SMILES string of the molecule is C=CCN(CC=C)c1c(N)cccc1O. The highest BCUT2D eigenvalue weighted by Gasteiger charge is 2.11. The predicted molar refractivity (Wildman–Crippen MR) is 65.1 cm³/mol. The summed E-state index contributed by atoms with van der Waals surface area (Å²) in [5, 5.41) is 9.72. The average molecular weight is 204 g/mol. The number of anilines is 2. The van der Waals surface area contributed by atoms with Gasteiger partial charge in [0.2, 0.25) is 0 Å². The minimum Gasteiger partial charge on any atom is -0.506 e. The van der Waals surface area contributed by atoms with Gasteiger partial charge in [0, 0.05) is 13.1 Å². The summed E-state index contributed by atoms with van der Waals surface area (Å²) in [5.41, 5.74) is 7.00. The van der Waals surface area contributed by atoms with Gasteiger partial charge in [-0.2, -0.15) is 0 Å². The first kappa shape index (κ1) is 11.2. The van der Waals surface area contributed by atoms with E-state index < -0.39 is 0 Å². The Morgan fingerprint density at radius 3 is 2.33 bits per heavy atom. The molecule has 0 spiro atoms. The summed E-state index contributed by atoms with van der Waals surface area (Å²) < 4.78 is 0. The van der Waals surface area contributed by atoms with Gasteiger partial charge in [-0.05, 0) is 12.1 Å². The van der Waals surface area contributed by atoms with Gasteiger partial charge < -0.3 is 15.7 Å². The van der Waals surface area contributed by atoms with E-state index in [9.17, 15) is 5.11 Å². The normalized spacial score (nSPS) is 9.60. The van der Waals surface area contributed by atoms with Crippen LogP contribution < -0.4 is 10.6 Å². The van der Waals surface area contributed by atoms with Gasteiger partial charge in [-0.3, -0.25) is 0 Å². The second kappa shape index (κ2) is 5.10. The van der Waals surface area contributed by atoms with E-state index in [-0.39, 0.29) is 5.75 Å². The van der Waals surface area contributed by atoms with Gasteiger partial charge in [0.1, 0.15) is 11.4 Å². The van der Waals surface area contributed by atoms with Crippen LogP contribution in [0.3, 0.4) is 0 Å². The zero-order valence-electron chi connectivity index (χ0n) is 8.69. The molecule has 15 heavy (non-hydrogen) atoms. The maximum Gasteiger partial charge on any atom is 0.141 e. The number of aromatic hydroxyl groups is 1. The smallest absolute Gasteiger partial charge is 0.141 e. The van der Waals surface area contributed by atoms with Crippen molar-refractivity contribution in [3.05, 3.63) is 43.5 Å². The Kier molecular flexibility index (Phi) is 3.80. The van der Waals surface area contributed by atoms with Crippen LogP contribution >= 0.6 is 0 Å². The summed E-state index contributed by atoms with van der Waals surface area (Å²) in [6, 6.07) is 5.09. The molecule has 3 nitrogen and oxygen atoms in total. The molecule has 0 aliphatic carbocycles. The van der Waals surface area contributed by atoms with E-state index in [0.29, 0.717) is 24.5 Å². The Balaban J connectivity index is 3.08. The molecule has 0 heterocycles. The molecule has 0 atom stereocenters. The monoisotopic (exact) mass is 204 g/mol. The van der Waals surface area contributed by atoms with Gasteiger partial charge in [0.05, 0.1) is 5.69 Å². The van der Waals surface area contributed by atoms with Gasteiger partial charge in [0.15, 0.2) is 0 Å². The number of nitrogens with zero attached hydrogens (tertiary/aromatic N) is 1. The molecule has 1 aromatic rings. The molecule has 1 rings (SSSR count). The van der Waals surface area contributed by atoms with E-state index in [2.05, 4.69) is 13.2 Å².